The lowest BCUT2D eigenvalue weighted by Gasteiger charge is -2.04. The topological polar surface area (TPSA) is 69.4 Å². The fraction of sp³-hybridized carbons (Fsp3) is 0.0714. The second-order valence-electron chi connectivity index (χ2n) is 4.71. The Hall–Kier alpha value is -2.03. The summed E-state index contributed by atoms with van der Waals surface area (Å²) < 4.78 is 1.62. The highest BCUT2D eigenvalue weighted by Crippen LogP contribution is 2.39. The van der Waals surface area contributed by atoms with Crippen molar-refractivity contribution in [3.63, 3.8) is 0 Å². The average Bonchev–Trinajstić information content (AvgIpc) is 3.15. The number of fused-ring (bicyclic) bond motifs is 1. The van der Waals surface area contributed by atoms with E-state index in [0.717, 1.165) is 26.4 Å². The van der Waals surface area contributed by atoms with Crippen LogP contribution in [-0.4, -0.2) is 30.2 Å². The predicted molar refractivity (Wildman–Crippen MR) is 90.8 cm³/mol. The van der Waals surface area contributed by atoms with E-state index in [9.17, 15) is 0 Å². The van der Waals surface area contributed by atoms with Crippen LogP contribution in [0.5, 0.6) is 0 Å². The van der Waals surface area contributed by atoms with Gasteiger partial charge >= 0.3 is 0 Å². The summed E-state index contributed by atoms with van der Waals surface area (Å²) in [7, 11) is 1.80. The number of thiophene rings is 1. The van der Waals surface area contributed by atoms with Crippen molar-refractivity contribution < 1.29 is 0 Å². The van der Waals surface area contributed by atoms with Gasteiger partial charge in [-0.3, -0.25) is 0 Å². The molecule has 0 unspecified atom stereocenters. The zero-order valence-corrected chi connectivity index (χ0v) is 14.2. The molecule has 0 aliphatic rings. The minimum Gasteiger partial charge on any atom is -0.229 e. The van der Waals surface area contributed by atoms with Crippen molar-refractivity contribution in [2.45, 2.75) is 10.2 Å². The van der Waals surface area contributed by atoms with Gasteiger partial charge in [-0.2, -0.15) is 0 Å². The fourth-order valence-corrected chi connectivity index (χ4v) is 4.19. The van der Waals surface area contributed by atoms with Crippen LogP contribution in [0.3, 0.4) is 0 Å². The number of hydrogen-bond acceptors (Lipinski definition) is 7. The molecule has 0 aliphatic heterocycles. The van der Waals surface area contributed by atoms with Crippen LogP contribution in [0.15, 0.2) is 46.2 Å². The second kappa shape index (κ2) is 5.88. The third-order valence-electron chi connectivity index (χ3n) is 3.24. The Morgan fingerprint density at radius 3 is 2.96 bits per heavy atom. The molecule has 23 heavy (non-hydrogen) atoms. The molecule has 3 aromatic heterocycles. The van der Waals surface area contributed by atoms with Crippen LogP contribution in [-0.2, 0) is 7.05 Å². The Morgan fingerprint density at radius 2 is 2.17 bits per heavy atom. The van der Waals surface area contributed by atoms with E-state index < -0.39 is 0 Å². The quantitative estimate of drug-likeness (QED) is 0.519. The van der Waals surface area contributed by atoms with Crippen LogP contribution in [0.1, 0.15) is 0 Å². The number of hydrogen-bond donors (Lipinski definition) is 0. The third kappa shape index (κ3) is 2.69. The highest BCUT2D eigenvalue weighted by Gasteiger charge is 2.16. The molecule has 114 valence electrons. The first-order chi connectivity index (χ1) is 11.2. The standard InChI is InChI=1S/C14H9ClN6S2/c1-21-14(18-19-20-21)23-13-11-10(6-22-12(11)16-7-17-13)8-3-2-4-9(15)5-8/h2-7H,1H3. The number of benzene rings is 1. The van der Waals surface area contributed by atoms with Gasteiger partial charge in [0.2, 0.25) is 5.16 Å². The highest BCUT2D eigenvalue weighted by atomic mass is 35.5. The molecule has 0 saturated heterocycles. The number of tetrazole rings is 1. The lowest BCUT2D eigenvalue weighted by molar-refractivity contribution is 0.664. The monoisotopic (exact) mass is 360 g/mol. The van der Waals surface area contributed by atoms with E-state index in [0.29, 0.717) is 10.2 Å². The average molecular weight is 361 g/mol. The SMILES string of the molecule is Cn1nnnc1Sc1ncnc2scc(-c3cccc(Cl)c3)c12. The first-order valence-corrected chi connectivity index (χ1v) is 8.68. The summed E-state index contributed by atoms with van der Waals surface area (Å²) in [4.78, 5) is 9.71. The van der Waals surface area contributed by atoms with Gasteiger partial charge in [-0.15, -0.1) is 16.4 Å². The Balaban J connectivity index is 1.89. The summed E-state index contributed by atoms with van der Waals surface area (Å²) in [5, 5.41) is 16.8. The van der Waals surface area contributed by atoms with Crippen LogP contribution in [0.25, 0.3) is 21.3 Å². The van der Waals surface area contributed by atoms with Gasteiger partial charge in [-0.1, -0.05) is 23.7 Å². The molecule has 9 heteroatoms. The van der Waals surface area contributed by atoms with Crippen molar-refractivity contribution in [3.8, 4) is 11.1 Å². The van der Waals surface area contributed by atoms with E-state index in [4.69, 9.17) is 11.6 Å². The van der Waals surface area contributed by atoms with E-state index in [2.05, 4.69) is 30.9 Å². The third-order valence-corrected chi connectivity index (χ3v) is 5.39. The Morgan fingerprint density at radius 1 is 1.26 bits per heavy atom. The molecule has 0 aliphatic carbocycles. The maximum Gasteiger partial charge on any atom is 0.215 e. The van der Waals surface area contributed by atoms with Crippen LogP contribution in [0, 0.1) is 0 Å². The molecular weight excluding hydrogens is 352 g/mol. The molecule has 0 atom stereocenters. The number of halogens is 1. The maximum atomic E-state index is 6.13. The molecule has 4 rings (SSSR count). The fourth-order valence-electron chi connectivity index (χ4n) is 2.19. The second-order valence-corrected chi connectivity index (χ2v) is 6.96. The van der Waals surface area contributed by atoms with Crippen molar-refractivity contribution in [2.24, 2.45) is 7.05 Å². The summed E-state index contributed by atoms with van der Waals surface area (Å²) in [6.07, 6.45) is 1.56. The molecule has 0 spiro atoms. The summed E-state index contributed by atoms with van der Waals surface area (Å²) in [6.45, 7) is 0. The van der Waals surface area contributed by atoms with Crippen LogP contribution in [0.4, 0.5) is 0 Å². The molecule has 3 heterocycles. The lowest BCUT2D eigenvalue weighted by atomic mass is 10.1. The minimum absolute atomic E-state index is 0.674. The molecule has 0 saturated carbocycles. The number of nitrogens with zero attached hydrogens (tertiary/aromatic N) is 6. The number of aryl methyl sites for hydroxylation is 1. The van der Waals surface area contributed by atoms with Gasteiger partial charge in [0.15, 0.2) is 0 Å². The molecule has 4 aromatic rings. The highest BCUT2D eigenvalue weighted by molar-refractivity contribution is 7.99. The number of aromatic nitrogens is 6. The van der Waals surface area contributed by atoms with E-state index in [1.54, 1.807) is 29.4 Å². The zero-order chi connectivity index (χ0) is 15.8. The molecule has 6 nitrogen and oxygen atoms in total. The predicted octanol–water partition coefficient (Wildman–Crippen LogP) is 3.69. The number of rotatable bonds is 3. The normalized spacial score (nSPS) is 11.2. The Kier molecular flexibility index (Phi) is 3.72. The van der Waals surface area contributed by atoms with Crippen molar-refractivity contribution in [1.82, 2.24) is 30.2 Å². The van der Waals surface area contributed by atoms with Gasteiger partial charge in [-0.05, 0) is 39.9 Å². The largest absolute Gasteiger partial charge is 0.229 e. The zero-order valence-electron chi connectivity index (χ0n) is 11.8. The van der Waals surface area contributed by atoms with E-state index in [1.165, 1.54) is 11.8 Å². The maximum absolute atomic E-state index is 6.13. The smallest absolute Gasteiger partial charge is 0.215 e. The minimum atomic E-state index is 0.674. The van der Waals surface area contributed by atoms with Gasteiger partial charge in [0.25, 0.3) is 0 Å². The van der Waals surface area contributed by atoms with E-state index >= 15 is 0 Å². The lowest BCUT2D eigenvalue weighted by Crippen LogP contribution is -1.94. The Labute approximate surface area is 144 Å². The van der Waals surface area contributed by atoms with Crippen molar-refractivity contribution in [3.05, 3.63) is 41.0 Å². The van der Waals surface area contributed by atoms with Crippen molar-refractivity contribution in [2.75, 3.05) is 0 Å². The summed E-state index contributed by atoms with van der Waals surface area (Å²) in [6, 6.07) is 7.76. The van der Waals surface area contributed by atoms with Crippen LogP contribution >= 0.6 is 34.7 Å². The van der Waals surface area contributed by atoms with Crippen molar-refractivity contribution >= 4 is 44.9 Å². The van der Waals surface area contributed by atoms with E-state index in [1.807, 2.05) is 24.3 Å². The summed E-state index contributed by atoms with van der Waals surface area (Å²) >= 11 is 9.12. The molecule has 1 aromatic carbocycles. The molecule has 0 bridgehead atoms. The first-order valence-electron chi connectivity index (χ1n) is 6.61. The van der Waals surface area contributed by atoms with Gasteiger partial charge in [0.05, 0.1) is 5.39 Å². The molecule has 0 fully saturated rings. The van der Waals surface area contributed by atoms with Gasteiger partial charge in [0.1, 0.15) is 16.2 Å². The molecule has 0 radical (unpaired) electrons. The van der Waals surface area contributed by atoms with Gasteiger partial charge < -0.3 is 0 Å². The first kappa shape index (κ1) is 14.6. The molecule has 0 amide bonds. The molecule has 0 N–H and O–H groups in total. The summed E-state index contributed by atoms with van der Waals surface area (Å²) in [5.74, 6) is 0. The summed E-state index contributed by atoms with van der Waals surface area (Å²) in [5.41, 5.74) is 2.10. The Bertz CT molecular complexity index is 996. The van der Waals surface area contributed by atoms with Gasteiger partial charge in [0, 0.05) is 23.0 Å². The van der Waals surface area contributed by atoms with E-state index in [-0.39, 0.29) is 0 Å². The van der Waals surface area contributed by atoms with Crippen molar-refractivity contribution in [1.29, 1.82) is 0 Å². The van der Waals surface area contributed by atoms with Crippen LogP contribution in [0.2, 0.25) is 5.02 Å². The van der Waals surface area contributed by atoms with Gasteiger partial charge in [-0.25, -0.2) is 14.6 Å². The molecular formula is C14H9ClN6S2. The van der Waals surface area contributed by atoms with Crippen LogP contribution < -0.4 is 0 Å².